The van der Waals surface area contributed by atoms with Crippen LogP contribution >= 0.6 is 0 Å². The monoisotopic (exact) mass is 353 g/mol. The number of carbonyl (C=O) groups is 1. The van der Waals surface area contributed by atoms with Crippen LogP contribution in [-0.4, -0.2) is 55.0 Å². The summed E-state index contributed by atoms with van der Waals surface area (Å²) >= 11 is 0. The second kappa shape index (κ2) is 9.25. The van der Waals surface area contributed by atoms with Crippen LogP contribution in [0.2, 0.25) is 0 Å². The number of hydrogen-bond donors (Lipinski definition) is 1. The summed E-state index contributed by atoms with van der Waals surface area (Å²) in [5.74, 6) is 0.922. The Balaban J connectivity index is 1.45. The molecule has 1 aliphatic heterocycles. The van der Waals surface area contributed by atoms with Crippen LogP contribution in [0.5, 0.6) is 5.75 Å². The van der Waals surface area contributed by atoms with Crippen molar-refractivity contribution in [2.45, 2.75) is 13.5 Å². The van der Waals surface area contributed by atoms with Gasteiger partial charge in [0.25, 0.3) is 0 Å². The predicted molar refractivity (Wildman–Crippen MR) is 104 cm³/mol. The Labute approximate surface area is 155 Å². The molecular weight excluding hydrogens is 326 g/mol. The molecular formula is C21H27N3O2. The first-order valence-corrected chi connectivity index (χ1v) is 9.26. The lowest BCUT2D eigenvalue weighted by molar-refractivity contribution is -0.131. The molecule has 0 radical (unpaired) electrons. The van der Waals surface area contributed by atoms with Crippen molar-refractivity contribution in [3.8, 4) is 5.75 Å². The molecule has 1 aliphatic rings. The van der Waals surface area contributed by atoms with E-state index in [0.717, 1.165) is 44.2 Å². The second-order valence-corrected chi connectivity index (χ2v) is 6.43. The van der Waals surface area contributed by atoms with Gasteiger partial charge in [0.2, 0.25) is 5.91 Å². The first-order valence-electron chi connectivity index (χ1n) is 9.26. The summed E-state index contributed by atoms with van der Waals surface area (Å²) in [6, 6.07) is 18.2. The van der Waals surface area contributed by atoms with Gasteiger partial charge in [0.05, 0.1) is 18.8 Å². The number of nitrogens with zero attached hydrogens (tertiary/aromatic N) is 2. The van der Waals surface area contributed by atoms with Crippen LogP contribution in [0.15, 0.2) is 54.6 Å². The normalized spacial score (nSPS) is 14.9. The highest BCUT2D eigenvalue weighted by Gasteiger charge is 2.21. The second-order valence-electron chi connectivity index (χ2n) is 6.43. The number of hydrogen-bond acceptors (Lipinski definition) is 4. The molecule has 1 saturated heterocycles. The highest BCUT2D eigenvalue weighted by atomic mass is 16.5. The van der Waals surface area contributed by atoms with Gasteiger partial charge in [-0.3, -0.25) is 9.69 Å². The molecule has 1 amide bonds. The van der Waals surface area contributed by atoms with Gasteiger partial charge in [-0.2, -0.15) is 0 Å². The Morgan fingerprint density at radius 3 is 2.42 bits per heavy atom. The van der Waals surface area contributed by atoms with Gasteiger partial charge in [-0.15, -0.1) is 0 Å². The summed E-state index contributed by atoms with van der Waals surface area (Å²) in [6.07, 6.45) is 0. The Kier molecular flexibility index (Phi) is 6.50. The molecule has 1 heterocycles. The van der Waals surface area contributed by atoms with Crippen molar-refractivity contribution in [2.75, 3.05) is 44.6 Å². The molecule has 26 heavy (non-hydrogen) atoms. The number of carbonyl (C=O) groups excluding carboxylic acids is 1. The van der Waals surface area contributed by atoms with E-state index in [4.69, 9.17) is 4.74 Å². The van der Waals surface area contributed by atoms with Gasteiger partial charge in [-0.25, -0.2) is 0 Å². The number of rotatable bonds is 7. The maximum absolute atomic E-state index is 12.5. The van der Waals surface area contributed by atoms with Crippen molar-refractivity contribution in [3.05, 3.63) is 60.2 Å². The molecule has 3 rings (SSSR count). The van der Waals surface area contributed by atoms with Crippen molar-refractivity contribution < 1.29 is 9.53 Å². The molecule has 5 heteroatoms. The van der Waals surface area contributed by atoms with Crippen molar-refractivity contribution in [1.82, 2.24) is 9.80 Å². The fourth-order valence-corrected chi connectivity index (χ4v) is 3.17. The number of benzene rings is 2. The largest absolute Gasteiger partial charge is 0.492 e. The topological polar surface area (TPSA) is 44.8 Å². The lowest BCUT2D eigenvalue weighted by atomic mass is 10.2. The average molecular weight is 353 g/mol. The van der Waals surface area contributed by atoms with Crippen LogP contribution in [-0.2, 0) is 11.3 Å². The molecule has 0 aliphatic carbocycles. The zero-order valence-electron chi connectivity index (χ0n) is 15.4. The quantitative estimate of drug-likeness (QED) is 0.831. The van der Waals surface area contributed by atoms with Gasteiger partial charge in [-0.05, 0) is 24.6 Å². The number of nitrogens with one attached hydrogen (secondary N) is 1. The zero-order valence-corrected chi connectivity index (χ0v) is 15.4. The van der Waals surface area contributed by atoms with E-state index in [9.17, 15) is 4.79 Å². The Morgan fingerprint density at radius 1 is 1.00 bits per heavy atom. The molecule has 1 fully saturated rings. The van der Waals surface area contributed by atoms with E-state index in [1.165, 1.54) is 5.56 Å². The summed E-state index contributed by atoms with van der Waals surface area (Å²) in [5, 5.41) is 3.22. The standard InChI is InChI=1S/C21H27N3O2/c1-2-26-20-11-7-6-10-19(20)22-16-21(25)24-14-12-23(13-15-24)17-18-8-4-3-5-9-18/h3-11,22H,2,12-17H2,1H3. The van der Waals surface area contributed by atoms with Crippen LogP contribution < -0.4 is 10.1 Å². The molecule has 0 bridgehead atoms. The molecule has 1 N–H and O–H groups in total. The molecule has 0 saturated carbocycles. The third kappa shape index (κ3) is 4.99. The number of para-hydroxylation sites is 2. The molecule has 2 aromatic rings. The molecule has 5 nitrogen and oxygen atoms in total. The summed E-state index contributed by atoms with van der Waals surface area (Å²) in [5.41, 5.74) is 2.19. The van der Waals surface area contributed by atoms with Gasteiger partial charge in [0.15, 0.2) is 0 Å². The maximum Gasteiger partial charge on any atom is 0.241 e. The molecule has 0 unspecified atom stereocenters. The smallest absolute Gasteiger partial charge is 0.241 e. The van der Waals surface area contributed by atoms with E-state index < -0.39 is 0 Å². The summed E-state index contributed by atoms with van der Waals surface area (Å²) in [7, 11) is 0. The molecule has 138 valence electrons. The van der Waals surface area contributed by atoms with Gasteiger partial charge >= 0.3 is 0 Å². The van der Waals surface area contributed by atoms with Crippen molar-refractivity contribution in [2.24, 2.45) is 0 Å². The highest BCUT2D eigenvalue weighted by molar-refractivity contribution is 5.81. The van der Waals surface area contributed by atoms with Crippen LogP contribution in [0.3, 0.4) is 0 Å². The molecule has 0 aromatic heterocycles. The third-order valence-corrected chi connectivity index (χ3v) is 4.59. The lowest BCUT2D eigenvalue weighted by Crippen LogP contribution is -2.49. The van der Waals surface area contributed by atoms with Gasteiger partial charge < -0.3 is 15.0 Å². The Hall–Kier alpha value is -2.53. The number of piperazine rings is 1. The van der Waals surface area contributed by atoms with E-state index in [1.807, 2.05) is 42.2 Å². The number of amides is 1. The lowest BCUT2D eigenvalue weighted by Gasteiger charge is -2.35. The van der Waals surface area contributed by atoms with E-state index in [0.29, 0.717) is 13.2 Å². The van der Waals surface area contributed by atoms with Crippen LogP contribution in [0.25, 0.3) is 0 Å². The predicted octanol–water partition coefficient (Wildman–Crippen LogP) is 2.84. The van der Waals surface area contributed by atoms with Crippen molar-refractivity contribution in [1.29, 1.82) is 0 Å². The van der Waals surface area contributed by atoms with E-state index in [-0.39, 0.29) is 5.91 Å². The Bertz CT molecular complexity index is 697. The zero-order chi connectivity index (χ0) is 18.2. The molecule has 0 atom stereocenters. The van der Waals surface area contributed by atoms with Crippen LogP contribution in [0, 0.1) is 0 Å². The fraction of sp³-hybridized carbons (Fsp3) is 0.381. The van der Waals surface area contributed by atoms with Gasteiger partial charge in [0.1, 0.15) is 5.75 Å². The molecule has 0 spiro atoms. The SMILES string of the molecule is CCOc1ccccc1NCC(=O)N1CCN(Cc2ccccc2)CC1. The number of ether oxygens (including phenoxy) is 1. The average Bonchev–Trinajstić information content (AvgIpc) is 2.69. The minimum absolute atomic E-state index is 0.135. The minimum Gasteiger partial charge on any atom is -0.492 e. The minimum atomic E-state index is 0.135. The van der Waals surface area contributed by atoms with E-state index >= 15 is 0 Å². The summed E-state index contributed by atoms with van der Waals surface area (Å²) in [6.45, 7) is 7.19. The molecule has 2 aromatic carbocycles. The van der Waals surface area contributed by atoms with Gasteiger partial charge in [-0.1, -0.05) is 42.5 Å². The first kappa shape index (κ1) is 18.3. The van der Waals surface area contributed by atoms with Crippen LogP contribution in [0.1, 0.15) is 12.5 Å². The number of anilines is 1. The third-order valence-electron chi connectivity index (χ3n) is 4.59. The van der Waals surface area contributed by atoms with E-state index in [2.05, 4.69) is 34.5 Å². The van der Waals surface area contributed by atoms with Gasteiger partial charge in [0, 0.05) is 32.7 Å². The Morgan fingerprint density at radius 2 is 1.69 bits per heavy atom. The first-order chi connectivity index (χ1) is 12.8. The fourth-order valence-electron chi connectivity index (χ4n) is 3.17. The van der Waals surface area contributed by atoms with Crippen LogP contribution in [0.4, 0.5) is 5.69 Å². The summed E-state index contributed by atoms with van der Waals surface area (Å²) < 4.78 is 5.59. The van der Waals surface area contributed by atoms with Crippen molar-refractivity contribution >= 4 is 11.6 Å². The summed E-state index contributed by atoms with van der Waals surface area (Å²) in [4.78, 5) is 16.9. The van der Waals surface area contributed by atoms with E-state index in [1.54, 1.807) is 0 Å². The maximum atomic E-state index is 12.5. The highest BCUT2D eigenvalue weighted by Crippen LogP contribution is 2.23. The van der Waals surface area contributed by atoms with Crippen molar-refractivity contribution in [3.63, 3.8) is 0 Å².